The summed E-state index contributed by atoms with van der Waals surface area (Å²) >= 11 is 6.06. The zero-order valence-corrected chi connectivity index (χ0v) is 17.0. The lowest BCUT2D eigenvalue weighted by atomic mass is 10.1. The summed E-state index contributed by atoms with van der Waals surface area (Å²) in [5.41, 5.74) is 4.13. The Morgan fingerprint density at radius 1 is 1.07 bits per heavy atom. The topological polar surface area (TPSA) is 61.9 Å². The van der Waals surface area contributed by atoms with Gasteiger partial charge in [0.2, 0.25) is 0 Å². The summed E-state index contributed by atoms with van der Waals surface area (Å²) in [6.45, 7) is 6.59. The largest absolute Gasteiger partial charge is 0.495 e. The molecule has 0 spiro atoms. The van der Waals surface area contributed by atoms with E-state index >= 15 is 0 Å². The molecule has 1 N–H and O–H groups in total. The van der Waals surface area contributed by atoms with E-state index in [0.29, 0.717) is 42.6 Å². The molecule has 1 aliphatic rings. The Balaban J connectivity index is 1.59. The summed E-state index contributed by atoms with van der Waals surface area (Å²) in [7, 11) is 1.51. The summed E-state index contributed by atoms with van der Waals surface area (Å²) in [5, 5.41) is 2.98. The average molecular weight is 402 g/mol. The van der Waals surface area contributed by atoms with Crippen molar-refractivity contribution in [2.45, 2.75) is 13.8 Å². The number of carbonyl (C=O) groups is 2. The van der Waals surface area contributed by atoms with E-state index in [2.05, 4.69) is 36.2 Å². The molecule has 148 valence electrons. The van der Waals surface area contributed by atoms with Crippen LogP contribution in [0.4, 0.5) is 11.4 Å². The first-order valence-electron chi connectivity index (χ1n) is 9.15. The zero-order chi connectivity index (χ0) is 20.3. The van der Waals surface area contributed by atoms with Gasteiger partial charge < -0.3 is 19.9 Å². The highest BCUT2D eigenvalue weighted by molar-refractivity contribution is 6.39. The summed E-state index contributed by atoms with van der Waals surface area (Å²) in [4.78, 5) is 28.7. The molecule has 0 radical (unpaired) electrons. The number of methoxy groups -OCH3 is 1. The van der Waals surface area contributed by atoms with Crippen LogP contribution in [-0.4, -0.2) is 50.0 Å². The third kappa shape index (κ3) is 4.22. The molecule has 1 aliphatic heterocycles. The fraction of sp³-hybridized carbons (Fsp3) is 0.333. The van der Waals surface area contributed by atoms with Gasteiger partial charge in [-0.15, -0.1) is 0 Å². The van der Waals surface area contributed by atoms with E-state index in [-0.39, 0.29) is 0 Å². The number of ether oxygens (including phenoxy) is 1. The number of aryl methyl sites for hydroxylation is 1. The maximum absolute atomic E-state index is 12.5. The number of hydrogen-bond acceptors (Lipinski definition) is 4. The van der Waals surface area contributed by atoms with Crippen molar-refractivity contribution in [1.82, 2.24) is 4.90 Å². The average Bonchev–Trinajstić information content (AvgIpc) is 2.70. The van der Waals surface area contributed by atoms with Gasteiger partial charge in [-0.3, -0.25) is 9.59 Å². The number of rotatable bonds is 3. The first-order chi connectivity index (χ1) is 13.4. The lowest BCUT2D eigenvalue weighted by molar-refractivity contribution is -0.143. The van der Waals surface area contributed by atoms with Gasteiger partial charge in [-0.1, -0.05) is 23.7 Å². The number of halogens is 1. The van der Waals surface area contributed by atoms with Crippen molar-refractivity contribution in [3.05, 3.63) is 52.5 Å². The van der Waals surface area contributed by atoms with Crippen LogP contribution < -0.4 is 15.0 Å². The van der Waals surface area contributed by atoms with Crippen molar-refractivity contribution in [3.8, 4) is 5.75 Å². The van der Waals surface area contributed by atoms with Crippen molar-refractivity contribution in [2.75, 3.05) is 43.5 Å². The fourth-order valence-electron chi connectivity index (χ4n) is 3.30. The summed E-state index contributed by atoms with van der Waals surface area (Å²) in [6.07, 6.45) is 0. The maximum Gasteiger partial charge on any atom is 0.313 e. The SMILES string of the molecule is COc1ccc(NC(=O)C(=O)N2CCN(c3cccc(C)c3C)CC2)cc1Cl. The van der Waals surface area contributed by atoms with Crippen LogP contribution in [0.1, 0.15) is 11.1 Å². The van der Waals surface area contributed by atoms with Gasteiger partial charge in [-0.2, -0.15) is 0 Å². The Morgan fingerprint density at radius 3 is 2.43 bits per heavy atom. The number of benzene rings is 2. The molecule has 0 aliphatic carbocycles. The van der Waals surface area contributed by atoms with E-state index in [1.54, 1.807) is 23.1 Å². The number of piperazine rings is 1. The predicted octanol–water partition coefficient (Wildman–Crippen LogP) is 3.25. The van der Waals surface area contributed by atoms with Gasteiger partial charge in [0.1, 0.15) is 5.75 Å². The normalized spacial score (nSPS) is 14.0. The number of nitrogens with zero attached hydrogens (tertiary/aromatic N) is 2. The molecule has 6 nitrogen and oxygen atoms in total. The molecule has 0 saturated carbocycles. The number of carbonyl (C=O) groups excluding carboxylic acids is 2. The summed E-state index contributed by atoms with van der Waals surface area (Å²) in [5.74, 6) is -0.692. The maximum atomic E-state index is 12.5. The van der Waals surface area contributed by atoms with Gasteiger partial charge in [0.15, 0.2) is 0 Å². The molecular weight excluding hydrogens is 378 g/mol. The molecule has 0 atom stereocenters. The minimum absolute atomic E-state index is 0.370. The number of amides is 2. The van der Waals surface area contributed by atoms with E-state index in [1.165, 1.54) is 23.9 Å². The van der Waals surface area contributed by atoms with Crippen molar-refractivity contribution in [2.24, 2.45) is 0 Å². The smallest absolute Gasteiger partial charge is 0.313 e. The van der Waals surface area contributed by atoms with Gasteiger partial charge in [-0.25, -0.2) is 0 Å². The van der Waals surface area contributed by atoms with Crippen LogP contribution in [-0.2, 0) is 9.59 Å². The second-order valence-corrected chi connectivity index (χ2v) is 7.21. The Hall–Kier alpha value is -2.73. The molecular formula is C21H24ClN3O3. The molecule has 0 unspecified atom stereocenters. The molecule has 7 heteroatoms. The molecule has 1 fully saturated rings. The van der Waals surface area contributed by atoms with E-state index in [9.17, 15) is 9.59 Å². The number of nitrogens with one attached hydrogen (secondary N) is 1. The molecule has 0 bridgehead atoms. The molecule has 2 aromatic carbocycles. The Labute approximate surface area is 170 Å². The summed E-state index contributed by atoms with van der Waals surface area (Å²) < 4.78 is 5.09. The Bertz CT molecular complexity index is 892. The molecule has 0 aromatic heterocycles. The third-order valence-corrected chi connectivity index (χ3v) is 5.38. The zero-order valence-electron chi connectivity index (χ0n) is 16.3. The van der Waals surface area contributed by atoms with Crippen LogP contribution in [0.2, 0.25) is 5.02 Å². The number of anilines is 2. The first kappa shape index (κ1) is 20.0. The van der Waals surface area contributed by atoms with Crippen LogP contribution in [0.3, 0.4) is 0 Å². The molecule has 28 heavy (non-hydrogen) atoms. The second-order valence-electron chi connectivity index (χ2n) is 6.80. The summed E-state index contributed by atoms with van der Waals surface area (Å²) in [6, 6.07) is 11.1. The third-order valence-electron chi connectivity index (χ3n) is 5.09. The van der Waals surface area contributed by atoms with E-state index < -0.39 is 11.8 Å². The minimum atomic E-state index is -0.665. The van der Waals surface area contributed by atoms with Crippen molar-refractivity contribution < 1.29 is 14.3 Å². The molecule has 1 saturated heterocycles. The molecule has 1 heterocycles. The van der Waals surface area contributed by atoms with Gasteiger partial charge in [0.25, 0.3) is 0 Å². The van der Waals surface area contributed by atoms with Gasteiger partial charge in [-0.05, 0) is 49.2 Å². The molecule has 2 aromatic rings. The van der Waals surface area contributed by atoms with Crippen LogP contribution in [0.25, 0.3) is 0 Å². The van der Waals surface area contributed by atoms with Gasteiger partial charge in [0.05, 0.1) is 12.1 Å². The van der Waals surface area contributed by atoms with E-state index in [1.807, 2.05) is 6.07 Å². The van der Waals surface area contributed by atoms with Crippen LogP contribution in [0.15, 0.2) is 36.4 Å². The Morgan fingerprint density at radius 2 is 1.79 bits per heavy atom. The first-order valence-corrected chi connectivity index (χ1v) is 9.53. The monoisotopic (exact) mass is 401 g/mol. The van der Waals surface area contributed by atoms with E-state index in [4.69, 9.17) is 16.3 Å². The highest BCUT2D eigenvalue weighted by atomic mass is 35.5. The van der Waals surface area contributed by atoms with Gasteiger partial charge in [0, 0.05) is 37.6 Å². The lowest BCUT2D eigenvalue weighted by Gasteiger charge is -2.36. The van der Waals surface area contributed by atoms with Crippen molar-refractivity contribution in [1.29, 1.82) is 0 Å². The van der Waals surface area contributed by atoms with Gasteiger partial charge >= 0.3 is 11.8 Å². The van der Waals surface area contributed by atoms with Crippen LogP contribution in [0, 0.1) is 13.8 Å². The Kier molecular flexibility index (Phi) is 6.09. The second kappa shape index (κ2) is 8.52. The van der Waals surface area contributed by atoms with Crippen LogP contribution in [0.5, 0.6) is 5.75 Å². The lowest BCUT2D eigenvalue weighted by Crippen LogP contribution is -2.51. The van der Waals surface area contributed by atoms with Crippen LogP contribution >= 0.6 is 11.6 Å². The molecule has 2 amide bonds. The predicted molar refractivity (Wildman–Crippen MR) is 111 cm³/mol. The highest BCUT2D eigenvalue weighted by Gasteiger charge is 2.26. The quantitative estimate of drug-likeness (QED) is 0.802. The molecule has 3 rings (SSSR count). The standard InChI is InChI=1S/C21H24ClN3O3/c1-14-5-4-6-18(15(14)2)24-9-11-25(12-10-24)21(27)20(26)23-16-7-8-19(28-3)17(22)13-16/h4-8,13H,9-12H2,1-3H3,(H,23,26). The van der Waals surface area contributed by atoms with E-state index in [0.717, 1.165) is 0 Å². The highest BCUT2D eigenvalue weighted by Crippen LogP contribution is 2.27. The number of hydrogen-bond donors (Lipinski definition) is 1. The van der Waals surface area contributed by atoms with Crippen molar-refractivity contribution in [3.63, 3.8) is 0 Å². The minimum Gasteiger partial charge on any atom is -0.495 e. The fourth-order valence-corrected chi connectivity index (χ4v) is 3.56. The van der Waals surface area contributed by atoms with Crippen molar-refractivity contribution >= 4 is 34.8 Å².